The van der Waals surface area contributed by atoms with Crippen LogP contribution in [0.25, 0.3) is 0 Å². The van der Waals surface area contributed by atoms with Crippen LogP contribution in [-0.2, 0) is 14.4 Å². The molecule has 22 heavy (non-hydrogen) atoms. The number of hydrogen-bond donors (Lipinski definition) is 0. The second kappa shape index (κ2) is 6.93. The van der Waals surface area contributed by atoms with E-state index in [9.17, 15) is 14.4 Å². The maximum absolute atomic E-state index is 10.8. The second-order valence-electron chi connectivity index (χ2n) is 6.54. The van der Waals surface area contributed by atoms with Crippen LogP contribution in [0.2, 0.25) is 0 Å². The average Bonchev–Trinajstić information content (AvgIpc) is 3.09. The number of aliphatic imine (C=N–C) groups is 3. The summed E-state index contributed by atoms with van der Waals surface area (Å²) in [5.74, 6) is 1.12. The van der Waals surface area contributed by atoms with Crippen LogP contribution < -0.4 is 0 Å². The number of nitrogens with zero attached hydrogens (tertiary/aromatic N) is 3. The molecule has 118 valence electrons. The van der Waals surface area contributed by atoms with Crippen molar-refractivity contribution < 1.29 is 14.4 Å². The van der Waals surface area contributed by atoms with E-state index in [0.717, 1.165) is 25.7 Å². The minimum absolute atomic E-state index is 0.0327. The summed E-state index contributed by atoms with van der Waals surface area (Å²) in [4.78, 5) is 43.5. The zero-order valence-electron chi connectivity index (χ0n) is 13.0. The van der Waals surface area contributed by atoms with Gasteiger partial charge in [-0.3, -0.25) is 0 Å². The summed E-state index contributed by atoms with van der Waals surface area (Å²) in [6.45, 7) is 4.29. The largest absolute Gasteiger partial charge is 0.235 e. The van der Waals surface area contributed by atoms with Crippen LogP contribution in [-0.4, -0.2) is 36.9 Å². The molecule has 0 amide bonds. The molecule has 2 aliphatic carbocycles. The fourth-order valence-electron chi connectivity index (χ4n) is 4.86. The van der Waals surface area contributed by atoms with Gasteiger partial charge in [0, 0.05) is 5.41 Å². The Morgan fingerprint density at radius 2 is 1.86 bits per heavy atom. The first-order valence-electron chi connectivity index (χ1n) is 7.80. The molecule has 2 bridgehead atoms. The van der Waals surface area contributed by atoms with Gasteiger partial charge in [0.2, 0.25) is 18.2 Å². The van der Waals surface area contributed by atoms with Crippen molar-refractivity contribution in [2.24, 2.45) is 38.1 Å². The number of fused-ring (bicyclic) bond motifs is 2. The number of isocyanates is 3. The highest BCUT2D eigenvalue weighted by atomic mass is 16.1. The minimum Gasteiger partial charge on any atom is -0.211 e. The van der Waals surface area contributed by atoms with Gasteiger partial charge < -0.3 is 0 Å². The third kappa shape index (κ3) is 2.74. The Labute approximate surface area is 129 Å². The normalized spacial score (nSPS) is 34.9. The zero-order chi connectivity index (χ0) is 16.2. The van der Waals surface area contributed by atoms with Gasteiger partial charge in [-0.2, -0.15) is 0 Å². The van der Waals surface area contributed by atoms with Gasteiger partial charge in [0.05, 0.1) is 18.6 Å². The van der Waals surface area contributed by atoms with Crippen LogP contribution in [0.1, 0.15) is 39.5 Å². The van der Waals surface area contributed by atoms with E-state index in [0.29, 0.717) is 24.3 Å². The molecule has 0 radical (unpaired) electrons. The van der Waals surface area contributed by atoms with E-state index < -0.39 is 0 Å². The number of carbonyl (C=O) groups excluding carboxylic acids is 3. The molecular weight excluding hydrogens is 282 g/mol. The van der Waals surface area contributed by atoms with Crippen molar-refractivity contribution in [2.45, 2.75) is 51.6 Å². The average molecular weight is 303 g/mol. The Balaban J connectivity index is 2.27. The van der Waals surface area contributed by atoms with Gasteiger partial charge in [-0.05, 0) is 50.4 Å². The molecule has 6 nitrogen and oxygen atoms in total. The standard InChI is InChI=1S/C16H21N3O3/c1-3-15(19-10-22)16(7-17-8-20)6-12-4-13(16)5-14(12)11(2)18-9-21/h11-15H,3-7H2,1-2H3. The van der Waals surface area contributed by atoms with Crippen molar-refractivity contribution >= 4 is 18.2 Å². The summed E-state index contributed by atoms with van der Waals surface area (Å²) in [5.41, 5.74) is -0.255. The minimum atomic E-state index is -0.255. The van der Waals surface area contributed by atoms with Gasteiger partial charge in [0.1, 0.15) is 0 Å². The second-order valence-corrected chi connectivity index (χ2v) is 6.54. The van der Waals surface area contributed by atoms with Crippen LogP contribution in [0, 0.1) is 23.2 Å². The summed E-state index contributed by atoms with van der Waals surface area (Å²) in [6.07, 6.45) is 8.47. The van der Waals surface area contributed by atoms with Crippen LogP contribution in [0.15, 0.2) is 15.0 Å². The van der Waals surface area contributed by atoms with Crippen molar-refractivity contribution in [3.63, 3.8) is 0 Å². The Kier molecular flexibility index (Phi) is 5.20. The lowest BCUT2D eigenvalue weighted by Gasteiger charge is -2.42. The third-order valence-corrected chi connectivity index (χ3v) is 5.78. The van der Waals surface area contributed by atoms with Crippen molar-refractivity contribution in [1.82, 2.24) is 0 Å². The smallest absolute Gasteiger partial charge is 0.211 e. The van der Waals surface area contributed by atoms with Crippen molar-refractivity contribution in [2.75, 3.05) is 6.54 Å². The first kappa shape index (κ1) is 16.5. The van der Waals surface area contributed by atoms with Crippen molar-refractivity contribution in [3.05, 3.63) is 0 Å². The SMILES string of the molecule is CCC(N=C=O)C1(CN=C=O)CC2CC1CC2C(C)N=C=O. The van der Waals surface area contributed by atoms with Gasteiger partial charge in [-0.15, -0.1) is 0 Å². The maximum atomic E-state index is 10.8. The van der Waals surface area contributed by atoms with Gasteiger partial charge >= 0.3 is 0 Å². The first-order chi connectivity index (χ1) is 10.6. The Bertz CT molecular complexity index is 559. The summed E-state index contributed by atoms with van der Waals surface area (Å²) >= 11 is 0. The van der Waals surface area contributed by atoms with Gasteiger partial charge in [-0.25, -0.2) is 29.4 Å². The molecule has 0 aliphatic heterocycles. The number of hydrogen-bond acceptors (Lipinski definition) is 6. The van der Waals surface area contributed by atoms with E-state index >= 15 is 0 Å². The van der Waals surface area contributed by atoms with E-state index in [1.54, 1.807) is 18.2 Å². The Hall–Kier alpha value is -1.86. The lowest BCUT2D eigenvalue weighted by Crippen LogP contribution is -2.44. The molecule has 0 heterocycles. The maximum Gasteiger partial charge on any atom is 0.235 e. The molecule has 0 saturated heterocycles. The highest BCUT2D eigenvalue weighted by molar-refractivity contribution is 5.36. The fraction of sp³-hybridized carbons (Fsp3) is 0.812. The molecule has 0 N–H and O–H groups in total. The third-order valence-electron chi connectivity index (χ3n) is 5.78. The first-order valence-corrected chi connectivity index (χ1v) is 7.80. The predicted molar refractivity (Wildman–Crippen MR) is 79.5 cm³/mol. The molecule has 2 rings (SSSR count). The predicted octanol–water partition coefficient (Wildman–Crippen LogP) is 2.19. The van der Waals surface area contributed by atoms with Crippen LogP contribution in [0.3, 0.4) is 0 Å². The van der Waals surface area contributed by atoms with Gasteiger partial charge in [0.25, 0.3) is 0 Å². The topological polar surface area (TPSA) is 88.3 Å². The molecule has 0 aromatic rings. The monoisotopic (exact) mass is 303 g/mol. The van der Waals surface area contributed by atoms with Gasteiger partial charge in [0.15, 0.2) is 0 Å². The Morgan fingerprint density at radius 1 is 1.14 bits per heavy atom. The zero-order valence-corrected chi connectivity index (χ0v) is 13.0. The molecule has 2 aliphatic rings. The highest BCUT2D eigenvalue weighted by Crippen LogP contribution is 2.61. The lowest BCUT2D eigenvalue weighted by molar-refractivity contribution is 0.0970. The molecule has 6 heteroatoms. The van der Waals surface area contributed by atoms with E-state index in [1.165, 1.54) is 0 Å². The van der Waals surface area contributed by atoms with Crippen molar-refractivity contribution in [3.8, 4) is 0 Å². The molecule has 2 fully saturated rings. The summed E-state index contributed by atoms with van der Waals surface area (Å²) in [5, 5.41) is 0. The van der Waals surface area contributed by atoms with E-state index in [4.69, 9.17) is 0 Å². The summed E-state index contributed by atoms with van der Waals surface area (Å²) in [7, 11) is 0. The quantitative estimate of drug-likeness (QED) is 0.533. The molecular formula is C16H21N3O3. The fourth-order valence-corrected chi connectivity index (χ4v) is 4.86. The van der Waals surface area contributed by atoms with E-state index in [-0.39, 0.29) is 17.5 Å². The molecule has 6 unspecified atom stereocenters. The molecule has 2 saturated carbocycles. The van der Waals surface area contributed by atoms with E-state index in [2.05, 4.69) is 15.0 Å². The molecule has 0 aromatic carbocycles. The molecule has 6 atom stereocenters. The van der Waals surface area contributed by atoms with E-state index in [1.807, 2.05) is 13.8 Å². The molecule has 0 aromatic heterocycles. The van der Waals surface area contributed by atoms with Crippen LogP contribution >= 0.6 is 0 Å². The Morgan fingerprint density at radius 3 is 2.36 bits per heavy atom. The number of rotatable bonds is 7. The highest BCUT2D eigenvalue weighted by Gasteiger charge is 2.58. The lowest BCUT2D eigenvalue weighted by atomic mass is 9.64. The summed E-state index contributed by atoms with van der Waals surface area (Å²) < 4.78 is 0. The van der Waals surface area contributed by atoms with Crippen LogP contribution in [0.5, 0.6) is 0 Å². The summed E-state index contributed by atoms with van der Waals surface area (Å²) in [6, 6.07) is -0.197. The van der Waals surface area contributed by atoms with Crippen molar-refractivity contribution in [1.29, 1.82) is 0 Å². The van der Waals surface area contributed by atoms with Gasteiger partial charge in [-0.1, -0.05) is 6.92 Å². The van der Waals surface area contributed by atoms with Crippen LogP contribution in [0.4, 0.5) is 0 Å². The molecule has 0 spiro atoms.